The average Bonchev–Trinajstić information content (AvgIpc) is 2.97. The van der Waals surface area contributed by atoms with Gasteiger partial charge in [0.15, 0.2) is 0 Å². The van der Waals surface area contributed by atoms with Crippen LogP contribution in [0.15, 0.2) is 60.9 Å². The minimum absolute atomic E-state index is 0.270. The van der Waals surface area contributed by atoms with E-state index in [9.17, 15) is 4.79 Å². The van der Waals surface area contributed by atoms with E-state index in [0.29, 0.717) is 22.2 Å². The third-order valence-corrected chi connectivity index (χ3v) is 4.66. The number of anilines is 3. The fourth-order valence-corrected chi connectivity index (χ4v) is 3.47. The Kier molecular flexibility index (Phi) is 4.31. The first kappa shape index (κ1) is 16.5. The lowest BCUT2D eigenvalue weighted by molar-refractivity contribution is 0.102. The van der Waals surface area contributed by atoms with Crippen molar-refractivity contribution in [3.63, 3.8) is 0 Å². The standard InChI is InChI=1S/C20H17ClN4O/c1-13-9-14-5-2-3-8-18(14)25(13)19-11-17(22-12-23-19)20(26)24-16-7-4-6-15(21)10-16/h2-8,10-13H,9H2,1H3,(H,24,26). The molecule has 1 N–H and O–H groups in total. The Morgan fingerprint density at radius 1 is 1.15 bits per heavy atom. The van der Waals surface area contributed by atoms with Gasteiger partial charge in [-0.05, 0) is 43.2 Å². The van der Waals surface area contributed by atoms with Crippen molar-refractivity contribution in [2.24, 2.45) is 0 Å². The highest BCUT2D eigenvalue weighted by atomic mass is 35.5. The largest absolute Gasteiger partial charge is 0.323 e. The van der Waals surface area contributed by atoms with Crippen LogP contribution in [-0.4, -0.2) is 21.9 Å². The Bertz CT molecular complexity index is 975. The number of nitrogens with zero attached hydrogens (tertiary/aromatic N) is 3. The Hall–Kier alpha value is -2.92. The summed E-state index contributed by atoms with van der Waals surface area (Å²) in [4.78, 5) is 23.2. The van der Waals surface area contributed by atoms with E-state index in [2.05, 4.69) is 39.2 Å². The first-order valence-electron chi connectivity index (χ1n) is 8.38. The second kappa shape index (κ2) is 6.77. The molecule has 0 saturated heterocycles. The zero-order valence-electron chi connectivity index (χ0n) is 14.2. The molecule has 2 heterocycles. The van der Waals surface area contributed by atoms with Crippen molar-refractivity contribution in [3.8, 4) is 0 Å². The van der Waals surface area contributed by atoms with Gasteiger partial charge < -0.3 is 10.2 Å². The Morgan fingerprint density at radius 2 is 2.00 bits per heavy atom. The maximum absolute atomic E-state index is 12.6. The molecule has 1 unspecified atom stereocenters. The van der Waals surface area contributed by atoms with Crippen molar-refractivity contribution < 1.29 is 4.79 Å². The number of hydrogen-bond donors (Lipinski definition) is 1. The highest BCUT2D eigenvalue weighted by molar-refractivity contribution is 6.30. The normalized spacial score (nSPS) is 15.6. The van der Waals surface area contributed by atoms with Gasteiger partial charge in [0.1, 0.15) is 17.8 Å². The first-order chi connectivity index (χ1) is 12.6. The van der Waals surface area contributed by atoms with E-state index < -0.39 is 0 Å². The quantitative estimate of drug-likeness (QED) is 0.745. The smallest absolute Gasteiger partial charge is 0.274 e. The van der Waals surface area contributed by atoms with E-state index in [-0.39, 0.29) is 11.9 Å². The third kappa shape index (κ3) is 3.13. The van der Waals surface area contributed by atoms with E-state index in [1.54, 1.807) is 30.3 Å². The van der Waals surface area contributed by atoms with Crippen LogP contribution in [0.1, 0.15) is 23.0 Å². The van der Waals surface area contributed by atoms with Crippen LogP contribution in [0.4, 0.5) is 17.2 Å². The number of benzene rings is 2. The zero-order chi connectivity index (χ0) is 18.1. The summed E-state index contributed by atoms with van der Waals surface area (Å²) >= 11 is 5.97. The number of carbonyl (C=O) groups is 1. The summed E-state index contributed by atoms with van der Waals surface area (Å²) in [5.41, 5.74) is 3.34. The van der Waals surface area contributed by atoms with E-state index in [1.165, 1.54) is 11.9 Å². The highest BCUT2D eigenvalue weighted by Gasteiger charge is 2.28. The molecule has 1 aliphatic rings. The molecule has 4 rings (SSSR count). The average molecular weight is 365 g/mol. The summed E-state index contributed by atoms with van der Waals surface area (Å²) in [7, 11) is 0. The summed E-state index contributed by atoms with van der Waals surface area (Å²) in [5, 5.41) is 3.38. The van der Waals surface area contributed by atoms with E-state index in [1.807, 2.05) is 12.1 Å². The fourth-order valence-electron chi connectivity index (χ4n) is 3.28. The molecule has 1 atom stereocenters. The molecule has 0 radical (unpaired) electrons. The van der Waals surface area contributed by atoms with Gasteiger partial charge >= 0.3 is 0 Å². The van der Waals surface area contributed by atoms with E-state index in [4.69, 9.17) is 11.6 Å². The Balaban J connectivity index is 1.62. The van der Waals surface area contributed by atoms with Crippen LogP contribution in [0.25, 0.3) is 0 Å². The second-order valence-electron chi connectivity index (χ2n) is 6.28. The first-order valence-corrected chi connectivity index (χ1v) is 8.76. The van der Waals surface area contributed by atoms with Crippen molar-refractivity contribution >= 4 is 34.7 Å². The minimum Gasteiger partial charge on any atom is -0.323 e. The van der Waals surface area contributed by atoms with Crippen LogP contribution in [0.3, 0.4) is 0 Å². The lowest BCUT2D eigenvalue weighted by Gasteiger charge is -2.23. The predicted molar refractivity (Wildman–Crippen MR) is 103 cm³/mol. The fraction of sp³-hybridized carbons (Fsp3) is 0.150. The van der Waals surface area contributed by atoms with Gasteiger partial charge in [-0.25, -0.2) is 9.97 Å². The molecule has 0 saturated carbocycles. The molecule has 1 aliphatic heterocycles. The predicted octanol–water partition coefficient (Wildman–Crippen LogP) is 4.47. The molecule has 3 aromatic rings. The van der Waals surface area contributed by atoms with Crippen LogP contribution in [0, 0.1) is 0 Å². The Labute approximate surface area is 156 Å². The molecule has 26 heavy (non-hydrogen) atoms. The number of nitrogens with one attached hydrogen (secondary N) is 1. The lowest BCUT2D eigenvalue weighted by Crippen LogP contribution is -2.25. The number of fused-ring (bicyclic) bond motifs is 1. The number of halogens is 1. The maximum atomic E-state index is 12.6. The number of carbonyl (C=O) groups excluding carboxylic acids is 1. The summed E-state index contributed by atoms with van der Waals surface area (Å²) in [6, 6.07) is 17.3. The molecule has 0 fully saturated rings. The SMILES string of the molecule is CC1Cc2ccccc2N1c1cc(C(=O)Nc2cccc(Cl)c2)ncn1. The van der Waals surface area contributed by atoms with Gasteiger partial charge in [-0.3, -0.25) is 4.79 Å². The molecule has 0 spiro atoms. The molecule has 1 amide bonds. The Morgan fingerprint density at radius 3 is 2.85 bits per heavy atom. The van der Waals surface area contributed by atoms with Gasteiger partial charge in [-0.2, -0.15) is 0 Å². The maximum Gasteiger partial charge on any atom is 0.274 e. The lowest BCUT2D eigenvalue weighted by atomic mass is 10.1. The van der Waals surface area contributed by atoms with Crippen LogP contribution < -0.4 is 10.2 Å². The van der Waals surface area contributed by atoms with Crippen molar-refractivity contribution in [2.75, 3.05) is 10.2 Å². The molecule has 0 bridgehead atoms. The molecule has 130 valence electrons. The van der Waals surface area contributed by atoms with Crippen molar-refractivity contribution in [1.29, 1.82) is 0 Å². The molecular formula is C20H17ClN4O. The highest BCUT2D eigenvalue weighted by Crippen LogP contribution is 2.37. The molecular weight excluding hydrogens is 348 g/mol. The topological polar surface area (TPSA) is 58.1 Å². The second-order valence-corrected chi connectivity index (χ2v) is 6.71. The summed E-state index contributed by atoms with van der Waals surface area (Å²) in [5.74, 6) is 0.421. The van der Waals surface area contributed by atoms with Crippen LogP contribution in [0.2, 0.25) is 5.02 Å². The van der Waals surface area contributed by atoms with Gasteiger partial charge in [0.2, 0.25) is 0 Å². The molecule has 5 nitrogen and oxygen atoms in total. The summed E-state index contributed by atoms with van der Waals surface area (Å²) in [6.07, 6.45) is 2.38. The van der Waals surface area contributed by atoms with Gasteiger partial charge in [-0.1, -0.05) is 35.9 Å². The van der Waals surface area contributed by atoms with Gasteiger partial charge in [0, 0.05) is 28.5 Å². The van der Waals surface area contributed by atoms with E-state index in [0.717, 1.165) is 12.1 Å². The third-order valence-electron chi connectivity index (χ3n) is 4.42. The zero-order valence-corrected chi connectivity index (χ0v) is 14.9. The van der Waals surface area contributed by atoms with Crippen molar-refractivity contribution in [3.05, 3.63) is 77.2 Å². The van der Waals surface area contributed by atoms with Gasteiger partial charge in [0.05, 0.1) is 0 Å². The number of para-hydroxylation sites is 1. The van der Waals surface area contributed by atoms with Crippen molar-refractivity contribution in [2.45, 2.75) is 19.4 Å². The summed E-state index contributed by atoms with van der Waals surface area (Å²) < 4.78 is 0. The molecule has 6 heteroatoms. The monoisotopic (exact) mass is 364 g/mol. The van der Waals surface area contributed by atoms with Gasteiger partial charge in [0.25, 0.3) is 5.91 Å². The molecule has 1 aromatic heterocycles. The van der Waals surface area contributed by atoms with Gasteiger partial charge in [-0.15, -0.1) is 0 Å². The number of aromatic nitrogens is 2. The van der Waals surface area contributed by atoms with E-state index >= 15 is 0 Å². The van der Waals surface area contributed by atoms with Crippen LogP contribution >= 0.6 is 11.6 Å². The molecule has 0 aliphatic carbocycles. The summed E-state index contributed by atoms with van der Waals surface area (Å²) in [6.45, 7) is 2.15. The number of hydrogen-bond acceptors (Lipinski definition) is 4. The number of rotatable bonds is 3. The number of amides is 1. The molecule has 2 aromatic carbocycles. The van der Waals surface area contributed by atoms with Crippen LogP contribution in [0.5, 0.6) is 0 Å². The van der Waals surface area contributed by atoms with Crippen molar-refractivity contribution in [1.82, 2.24) is 9.97 Å². The minimum atomic E-state index is -0.295. The van der Waals surface area contributed by atoms with Crippen LogP contribution in [-0.2, 0) is 6.42 Å².